The van der Waals surface area contributed by atoms with Crippen LogP contribution in [0.1, 0.15) is 43.5 Å². The van der Waals surface area contributed by atoms with E-state index in [1.54, 1.807) is 23.5 Å². The Bertz CT molecular complexity index is 757. The van der Waals surface area contributed by atoms with Crippen LogP contribution in [0.2, 0.25) is 0 Å². The zero-order chi connectivity index (χ0) is 18.5. The van der Waals surface area contributed by atoms with Crippen LogP contribution in [0.3, 0.4) is 0 Å². The molecule has 0 spiro atoms. The van der Waals surface area contributed by atoms with Crippen molar-refractivity contribution in [1.29, 1.82) is 0 Å². The number of amides is 1. The molecule has 1 amide bonds. The predicted molar refractivity (Wildman–Crippen MR) is 101 cm³/mol. The molecule has 5 nitrogen and oxygen atoms in total. The Labute approximate surface area is 154 Å². The molecule has 1 saturated heterocycles. The Morgan fingerprint density at radius 3 is 2.62 bits per heavy atom. The average Bonchev–Trinajstić information content (AvgIpc) is 2.68. The van der Waals surface area contributed by atoms with Gasteiger partial charge >= 0.3 is 0 Å². The van der Waals surface area contributed by atoms with Crippen molar-refractivity contribution in [2.75, 3.05) is 13.1 Å². The summed E-state index contributed by atoms with van der Waals surface area (Å²) in [5, 5.41) is 0. The summed E-state index contributed by atoms with van der Waals surface area (Å²) in [6.45, 7) is 5.34. The highest BCUT2D eigenvalue weighted by Crippen LogP contribution is 2.22. The molecule has 0 bridgehead atoms. The van der Waals surface area contributed by atoms with Crippen LogP contribution in [0, 0.1) is 11.8 Å². The lowest BCUT2D eigenvalue weighted by Gasteiger charge is -2.32. The molecule has 1 fully saturated rings. The second-order valence-electron chi connectivity index (χ2n) is 7.32. The highest BCUT2D eigenvalue weighted by atomic mass is 16.2. The van der Waals surface area contributed by atoms with Crippen molar-refractivity contribution in [3.63, 3.8) is 0 Å². The molecule has 3 heterocycles. The zero-order valence-electron chi connectivity index (χ0n) is 15.4. The van der Waals surface area contributed by atoms with Crippen molar-refractivity contribution in [2.24, 2.45) is 11.8 Å². The number of carbonyl (C=O) groups excluding carboxylic acids is 2. The van der Waals surface area contributed by atoms with Crippen molar-refractivity contribution < 1.29 is 9.59 Å². The lowest BCUT2D eigenvalue weighted by molar-refractivity contribution is -0.124. The molecule has 0 radical (unpaired) electrons. The van der Waals surface area contributed by atoms with E-state index in [1.165, 1.54) is 0 Å². The summed E-state index contributed by atoms with van der Waals surface area (Å²) in [5.74, 6) is 0.571. The van der Waals surface area contributed by atoms with Gasteiger partial charge in [0.15, 0.2) is 0 Å². The van der Waals surface area contributed by atoms with Crippen LogP contribution in [-0.2, 0) is 4.79 Å². The molecule has 5 heteroatoms. The minimum atomic E-state index is -0.0409. The first kappa shape index (κ1) is 18.2. The number of likely N-dealkylation sites (tertiary alicyclic amines) is 1. The van der Waals surface area contributed by atoms with E-state index in [4.69, 9.17) is 0 Å². The average molecular weight is 351 g/mol. The normalized spacial score (nSPS) is 17.3. The lowest BCUT2D eigenvalue weighted by Crippen LogP contribution is -2.42. The number of hydrogen-bond acceptors (Lipinski definition) is 4. The van der Waals surface area contributed by atoms with Crippen molar-refractivity contribution in [3.8, 4) is 11.3 Å². The molecular weight excluding hydrogens is 326 g/mol. The highest BCUT2D eigenvalue weighted by molar-refractivity contribution is 5.94. The number of ketones is 1. The first-order valence-corrected chi connectivity index (χ1v) is 9.23. The molecule has 1 aliphatic heterocycles. The van der Waals surface area contributed by atoms with E-state index in [1.807, 2.05) is 24.3 Å². The molecule has 1 aliphatic rings. The van der Waals surface area contributed by atoms with Gasteiger partial charge in [-0.3, -0.25) is 19.6 Å². The van der Waals surface area contributed by atoms with Gasteiger partial charge < -0.3 is 4.90 Å². The molecule has 26 heavy (non-hydrogen) atoms. The number of piperidine rings is 1. The maximum absolute atomic E-state index is 12.8. The number of Topliss-reactive ketones (excluding diaryl/α,β-unsaturated/α-hetero) is 1. The second kappa shape index (κ2) is 8.21. The predicted octanol–water partition coefficient (Wildman–Crippen LogP) is 3.61. The van der Waals surface area contributed by atoms with Crippen LogP contribution in [0.4, 0.5) is 0 Å². The third kappa shape index (κ3) is 4.34. The van der Waals surface area contributed by atoms with Crippen LogP contribution < -0.4 is 0 Å². The van der Waals surface area contributed by atoms with Gasteiger partial charge in [0.2, 0.25) is 0 Å². The fourth-order valence-corrected chi connectivity index (χ4v) is 3.39. The Morgan fingerprint density at radius 2 is 1.96 bits per heavy atom. The Hall–Kier alpha value is -2.56. The fourth-order valence-electron chi connectivity index (χ4n) is 3.39. The molecule has 1 atom stereocenters. The van der Waals surface area contributed by atoms with E-state index in [2.05, 4.69) is 23.8 Å². The van der Waals surface area contributed by atoms with E-state index in [0.717, 1.165) is 24.1 Å². The monoisotopic (exact) mass is 351 g/mol. The minimum absolute atomic E-state index is 0.0286. The molecule has 0 unspecified atom stereocenters. The topological polar surface area (TPSA) is 63.2 Å². The maximum Gasteiger partial charge on any atom is 0.255 e. The number of pyridine rings is 2. The molecule has 0 aliphatic carbocycles. The van der Waals surface area contributed by atoms with Crippen molar-refractivity contribution >= 4 is 11.7 Å². The number of hydrogen-bond donors (Lipinski definition) is 0. The van der Waals surface area contributed by atoms with Crippen molar-refractivity contribution in [1.82, 2.24) is 14.9 Å². The molecule has 2 aromatic heterocycles. The van der Waals surface area contributed by atoms with Gasteiger partial charge in [-0.05, 0) is 43.0 Å². The van der Waals surface area contributed by atoms with Crippen LogP contribution in [0.15, 0.2) is 42.9 Å². The van der Waals surface area contributed by atoms with E-state index < -0.39 is 0 Å². The minimum Gasteiger partial charge on any atom is -0.338 e. The summed E-state index contributed by atoms with van der Waals surface area (Å²) < 4.78 is 0. The first-order chi connectivity index (χ1) is 12.5. The zero-order valence-corrected chi connectivity index (χ0v) is 15.4. The standard InChI is InChI=1S/C21H25N3O2/c1-15(2)12-20(25)18-4-3-11-24(14-18)21(26)17-5-6-19(23-13-17)16-7-9-22-10-8-16/h5-10,13,15,18H,3-4,11-12,14H2,1-2H3/t18-/m0/s1. The second-order valence-corrected chi connectivity index (χ2v) is 7.32. The summed E-state index contributed by atoms with van der Waals surface area (Å²) in [7, 11) is 0. The number of aromatic nitrogens is 2. The fraction of sp³-hybridized carbons (Fsp3) is 0.429. The lowest BCUT2D eigenvalue weighted by atomic mass is 9.89. The Kier molecular flexibility index (Phi) is 5.76. The third-order valence-corrected chi connectivity index (χ3v) is 4.76. The largest absolute Gasteiger partial charge is 0.338 e. The molecular formula is C21H25N3O2. The number of carbonyl (C=O) groups is 2. The number of rotatable bonds is 5. The molecule has 3 rings (SSSR count). The molecule has 136 valence electrons. The summed E-state index contributed by atoms with van der Waals surface area (Å²) in [6.07, 6.45) is 7.42. The van der Waals surface area contributed by atoms with Gasteiger partial charge in [-0.1, -0.05) is 13.8 Å². The summed E-state index contributed by atoms with van der Waals surface area (Å²) >= 11 is 0. The quantitative estimate of drug-likeness (QED) is 0.825. The number of nitrogens with zero attached hydrogens (tertiary/aromatic N) is 3. The summed E-state index contributed by atoms with van der Waals surface area (Å²) in [5.41, 5.74) is 2.35. The van der Waals surface area contributed by atoms with Gasteiger partial charge in [0, 0.05) is 49.6 Å². The van der Waals surface area contributed by atoms with Crippen LogP contribution in [0.25, 0.3) is 11.3 Å². The van der Waals surface area contributed by atoms with E-state index in [0.29, 0.717) is 31.0 Å². The SMILES string of the molecule is CC(C)CC(=O)[C@H]1CCCN(C(=O)c2ccc(-c3ccncc3)nc2)C1. The van der Waals surface area contributed by atoms with E-state index >= 15 is 0 Å². The molecule has 0 N–H and O–H groups in total. The smallest absolute Gasteiger partial charge is 0.255 e. The van der Waals surface area contributed by atoms with Gasteiger partial charge in [0.05, 0.1) is 11.3 Å². The van der Waals surface area contributed by atoms with E-state index in [9.17, 15) is 9.59 Å². The Morgan fingerprint density at radius 1 is 1.19 bits per heavy atom. The first-order valence-electron chi connectivity index (χ1n) is 9.23. The van der Waals surface area contributed by atoms with Gasteiger partial charge in [0.1, 0.15) is 5.78 Å². The van der Waals surface area contributed by atoms with Gasteiger partial charge in [-0.2, -0.15) is 0 Å². The van der Waals surface area contributed by atoms with E-state index in [-0.39, 0.29) is 17.6 Å². The maximum atomic E-state index is 12.8. The van der Waals surface area contributed by atoms with Gasteiger partial charge in [0.25, 0.3) is 5.91 Å². The van der Waals surface area contributed by atoms with Crippen molar-refractivity contribution in [3.05, 3.63) is 48.4 Å². The third-order valence-electron chi connectivity index (χ3n) is 4.76. The van der Waals surface area contributed by atoms with Crippen LogP contribution >= 0.6 is 0 Å². The summed E-state index contributed by atoms with van der Waals surface area (Å²) in [6, 6.07) is 7.44. The molecule has 2 aromatic rings. The van der Waals surface area contributed by atoms with Crippen LogP contribution in [0.5, 0.6) is 0 Å². The summed E-state index contributed by atoms with van der Waals surface area (Å²) in [4.78, 5) is 35.4. The molecule has 0 aromatic carbocycles. The Balaban J connectivity index is 1.68. The van der Waals surface area contributed by atoms with Gasteiger partial charge in [-0.25, -0.2) is 0 Å². The van der Waals surface area contributed by atoms with Crippen LogP contribution in [-0.4, -0.2) is 39.6 Å². The molecule has 0 saturated carbocycles. The highest BCUT2D eigenvalue weighted by Gasteiger charge is 2.29. The van der Waals surface area contributed by atoms with Gasteiger partial charge in [-0.15, -0.1) is 0 Å². The van der Waals surface area contributed by atoms with Crippen molar-refractivity contribution in [2.45, 2.75) is 33.1 Å².